The first-order valence-corrected chi connectivity index (χ1v) is 9.81. The van der Waals surface area contributed by atoms with E-state index in [-0.39, 0.29) is 18.4 Å². The molecule has 2 atom stereocenters. The van der Waals surface area contributed by atoms with Crippen LogP contribution in [0.3, 0.4) is 0 Å². The van der Waals surface area contributed by atoms with E-state index in [2.05, 4.69) is 0 Å². The van der Waals surface area contributed by atoms with Gasteiger partial charge in [-0.3, -0.25) is 4.79 Å². The summed E-state index contributed by atoms with van der Waals surface area (Å²) in [5, 5.41) is 0. The third kappa shape index (κ3) is 4.31. The van der Waals surface area contributed by atoms with Crippen molar-refractivity contribution < 1.29 is 23.9 Å². The van der Waals surface area contributed by atoms with Gasteiger partial charge in [0.25, 0.3) is 5.91 Å². The van der Waals surface area contributed by atoms with Crippen LogP contribution in [0.4, 0.5) is 0 Å². The van der Waals surface area contributed by atoms with Crippen LogP contribution >= 0.6 is 0 Å². The summed E-state index contributed by atoms with van der Waals surface area (Å²) in [4.78, 5) is 39.2. The summed E-state index contributed by atoms with van der Waals surface area (Å²) in [6, 6.07) is 7.26. The molecule has 0 aromatic heterocycles. The topological polar surface area (TPSA) is 72.9 Å². The molecular weight excluding hydrogens is 346 g/mol. The molecule has 0 N–H and O–H groups in total. The van der Waals surface area contributed by atoms with Crippen molar-refractivity contribution in [1.82, 2.24) is 4.90 Å². The molecule has 1 saturated carbocycles. The zero-order chi connectivity index (χ0) is 19.4. The van der Waals surface area contributed by atoms with Crippen LogP contribution in [0.15, 0.2) is 24.3 Å². The molecule has 0 radical (unpaired) electrons. The quantitative estimate of drug-likeness (QED) is 0.742. The van der Waals surface area contributed by atoms with Gasteiger partial charge in [0.05, 0.1) is 5.56 Å². The number of carbonyl (C=O) groups is 3. The molecule has 1 aromatic rings. The van der Waals surface area contributed by atoms with Gasteiger partial charge >= 0.3 is 11.9 Å². The fourth-order valence-corrected chi connectivity index (χ4v) is 3.98. The molecule has 1 aromatic carbocycles. The molecule has 1 aliphatic heterocycles. The highest BCUT2D eigenvalue weighted by atomic mass is 16.6. The molecule has 6 nitrogen and oxygen atoms in total. The number of fused-ring (bicyclic) bond motifs is 1. The van der Waals surface area contributed by atoms with E-state index in [1.165, 1.54) is 6.42 Å². The average Bonchev–Trinajstić information content (AvgIpc) is 2.69. The van der Waals surface area contributed by atoms with E-state index in [9.17, 15) is 14.4 Å². The normalized spacial score (nSPS) is 21.0. The lowest BCUT2D eigenvalue weighted by molar-refractivity contribution is -0.167. The third-order valence-electron chi connectivity index (χ3n) is 5.43. The van der Waals surface area contributed by atoms with Crippen molar-refractivity contribution in [1.29, 1.82) is 0 Å². The highest BCUT2D eigenvalue weighted by Gasteiger charge is 2.35. The van der Waals surface area contributed by atoms with Crippen LogP contribution in [0.1, 0.15) is 61.9 Å². The molecule has 1 heterocycles. The lowest BCUT2D eigenvalue weighted by atomic mass is 9.94. The largest absolute Gasteiger partial charge is 0.450 e. The predicted molar refractivity (Wildman–Crippen MR) is 99.2 cm³/mol. The summed E-state index contributed by atoms with van der Waals surface area (Å²) in [5.41, 5.74) is 1.23. The zero-order valence-corrected chi connectivity index (χ0v) is 16.0. The van der Waals surface area contributed by atoms with Crippen molar-refractivity contribution in [3.05, 3.63) is 35.4 Å². The van der Waals surface area contributed by atoms with Crippen molar-refractivity contribution in [3.63, 3.8) is 0 Å². The summed E-state index contributed by atoms with van der Waals surface area (Å²) in [6.45, 7) is 4.13. The maximum Gasteiger partial charge on any atom is 0.348 e. The minimum atomic E-state index is -1.01. The SMILES string of the molecule is CCN(C(=O)[C@@H](C)OC(=O)[C@@H]1Cc2ccccc2C(=O)O1)C1CCCCC1. The van der Waals surface area contributed by atoms with Crippen LogP contribution in [0.25, 0.3) is 0 Å². The van der Waals surface area contributed by atoms with Gasteiger partial charge in [-0.05, 0) is 38.3 Å². The molecule has 1 aliphatic carbocycles. The molecule has 0 saturated heterocycles. The number of esters is 2. The first-order chi connectivity index (χ1) is 13.0. The van der Waals surface area contributed by atoms with E-state index in [0.29, 0.717) is 12.1 Å². The van der Waals surface area contributed by atoms with E-state index in [0.717, 1.165) is 31.2 Å². The number of likely N-dealkylation sites (N-methyl/N-ethyl adjacent to an activating group) is 1. The first-order valence-electron chi connectivity index (χ1n) is 9.81. The smallest absolute Gasteiger partial charge is 0.348 e. The van der Waals surface area contributed by atoms with Crippen LogP contribution < -0.4 is 0 Å². The monoisotopic (exact) mass is 373 g/mol. The molecule has 2 aliphatic rings. The van der Waals surface area contributed by atoms with Crippen molar-refractivity contribution in [2.24, 2.45) is 0 Å². The van der Waals surface area contributed by atoms with Gasteiger partial charge in [0, 0.05) is 19.0 Å². The van der Waals surface area contributed by atoms with Gasteiger partial charge in [0.2, 0.25) is 6.10 Å². The molecule has 1 amide bonds. The predicted octanol–water partition coefficient (Wildman–Crippen LogP) is 2.88. The van der Waals surface area contributed by atoms with Gasteiger partial charge in [-0.15, -0.1) is 0 Å². The highest BCUT2D eigenvalue weighted by Crippen LogP contribution is 2.24. The summed E-state index contributed by atoms with van der Waals surface area (Å²) < 4.78 is 10.6. The lowest BCUT2D eigenvalue weighted by Crippen LogP contribution is -2.47. The maximum absolute atomic E-state index is 12.8. The Morgan fingerprint density at radius 3 is 2.63 bits per heavy atom. The molecule has 1 fully saturated rings. The standard InChI is InChI=1S/C21H27NO5/c1-3-22(16-10-5-4-6-11-16)19(23)14(2)26-21(25)18-13-15-9-7-8-12-17(15)20(24)27-18/h7-9,12,14,16,18H,3-6,10-11,13H2,1-2H3/t14-,18+/m1/s1. The number of benzene rings is 1. The average molecular weight is 373 g/mol. The molecule has 146 valence electrons. The molecule has 0 spiro atoms. The maximum atomic E-state index is 12.8. The summed E-state index contributed by atoms with van der Waals surface area (Å²) in [6.07, 6.45) is 3.82. The van der Waals surface area contributed by atoms with Crippen LogP contribution in [0.2, 0.25) is 0 Å². The molecule has 0 unspecified atom stereocenters. The fraction of sp³-hybridized carbons (Fsp3) is 0.571. The summed E-state index contributed by atoms with van der Waals surface area (Å²) in [5.74, 6) is -1.38. The number of rotatable bonds is 5. The van der Waals surface area contributed by atoms with Crippen LogP contribution in [-0.2, 0) is 25.5 Å². The van der Waals surface area contributed by atoms with E-state index in [1.807, 2.05) is 17.9 Å². The number of carbonyl (C=O) groups excluding carboxylic acids is 3. The van der Waals surface area contributed by atoms with Crippen molar-refractivity contribution >= 4 is 17.8 Å². The Morgan fingerprint density at radius 1 is 1.22 bits per heavy atom. The number of hydrogen-bond acceptors (Lipinski definition) is 5. The second-order valence-corrected chi connectivity index (χ2v) is 7.25. The van der Waals surface area contributed by atoms with Gasteiger partial charge in [0.15, 0.2) is 6.10 Å². The molecule has 3 rings (SSSR count). The Balaban J connectivity index is 1.61. The number of cyclic esters (lactones) is 1. The zero-order valence-electron chi connectivity index (χ0n) is 16.0. The van der Waals surface area contributed by atoms with Crippen LogP contribution in [-0.4, -0.2) is 47.5 Å². The minimum Gasteiger partial charge on any atom is -0.450 e. The Morgan fingerprint density at radius 2 is 1.93 bits per heavy atom. The Hall–Kier alpha value is -2.37. The number of amides is 1. The van der Waals surface area contributed by atoms with Gasteiger partial charge in [0.1, 0.15) is 0 Å². The van der Waals surface area contributed by atoms with E-state index in [4.69, 9.17) is 9.47 Å². The number of ether oxygens (including phenoxy) is 2. The number of nitrogens with zero attached hydrogens (tertiary/aromatic N) is 1. The fourth-order valence-electron chi connectivity index (χ4n) is 3.98. The van der Waals surface area contributed by atoms with Crippen molar-refractivity contribution in [2.45, 2.75) is 70.6 Å². The van der Waals surface area contributed by atoms with Gasteiger partial charge in [-0.2, -0.15) is 0 Å². The molecule has 0 bridgehead atoms. The van der Waals surface area contributed by atoms with Crippen molar-refractivity contribution in [3.8, 4) is 0 Å². The first kappa shape index (κ1) is 19.4. The lowest BCUT2D eigenvalue weighted by Gasteiger charge is -2.35. The van der Waals surface area contributed by atoms with Gasteiger partial charge in [-0.1, -0.05) is 37.5 Å². The Labute approximate surface area is 159 Å². The Bertz CT molecular complexity index is 710. The summed E-state index contributed by atoms with van der Waals surface area (Å²) >= 11 is 0. The minimum absolute atomic E-state index is 0.180. The van der Waals surface area contributed by atoms with E-state index in [1.54, 1.807) is 25.1 Å². The van der Waals surface area contributed by atoms with Crippen molar-refractivity contribution in [2.75, 3.05) is 6.54 Å². The van der Waals surface area contributed by atoms with Gasteiger partial charge < -0.3 is 14.4 Å². The molecular formula is C21H27NO5. The highest BCUT2D eigenvalue weighted by molar-refractivity contribution is 5.95. The van der Waals surface area contributed by atoms with Crippen LogP contribution in [0, 0.1) is 0 Å². The molecule has 27 heavy (non-hydrogen) atoms. The molecule has 6 heteroatoms. The third-order valence-corrected chi connectivity index (χ3v) is 5.43. The van der Waals surface area contributed by atoms with Gasteiger partial charge in [-0.25, -0.2) is 9.59 Å². The van der Waals surface area contributed by atoms with E-state index < -0.39 is 24.1 Å². The second kappa shape index (κ2) is 8.55. The second-order valence-electron chi connectivity index (χ2n) is 7.25. The number of hydrogen-bond donors (Lipinski definition) is 0. The Kier molecular flexibility index (Phi) is 6.14. The summed E-state index contributed by atoms with van der Waals surface area (Å²) in [7, 11) is 0. The van der Waals surface area contributed by atoms with Crippen LogP contribution in [0.5, 0.6) is 0 Å². The van der Waals surface area contributed by atoms with E-state index >= 15 is 0 Å².